The highest BCUT2D eigenvalue weighted by Gasteiger charge is 2.69. The molecule has 0 bridgehead atoms. The van der Waals surface area contributed by atoms with E-state index in [1.807, 2.05) is 0 Å². The van der Waals surface area contributed by atoms with E-state index < -0.39 is 11.4 Å². The summed E-state index contributed by atoms with van der Waals surface area (Å²) >= 11 is 0. The van der Waals surface area contributed by atoms with Crippen molar-refractivity contribution in [3.8, 4) is 0 Å². The molecule has 0 heterocycles. The van der Waals surface area contributed by atoms with Crippen LogP contribution in [0.5, 0.6) is 0 Å². The zero-order valence-electron chi connectivity index (χ0n) is 22.1. The summed E-state index contributed by atoms with van der Waals surface area (Å²) in [4.78, 5) is 25.6. The molecule has 3 heteroatoms. The standard InChI is InChI=1S/C30H46O3/c1-25(2)14-16-30(24(32)33)17-15-28(6)19(20(30)18-25)8-9-22-27(5)12-11-23(31)26(3,4)21(27)10-13-29(22,28)7/h18-19,21-22H,8-17H2,1-7H3,(H,32,33)/t19-,21-,22?,27-,28+,29-,30+/m1/s1. The second kappa shape index (κ2) is 6.76. The SMILES string of the molecule is CC1(C)C=C2[C@H]3CCC4[C@]5(C)CCC(=O)C(C)(C)[C@H]5CC[C@@]4(C)[C@@]3(C)CC[C@@]2(C(=O)O)CC1. The zero-order valence-corrected chi connectivity index (χ0v) is 22.1. The van der Waals surface area contributed by atoms with Crippen LogP contribution in [0.25, 0.3) is 0 Å². The fraction of sp³-hybridized carbons (Fsp3) is 0.867. The molecule has 0 aromatic rings. The number of hydrogen-bond acceptors (Lipinski definition) is 2. The summed E-state index contributed by atoms with van der Waals surface area (Å²) < 4.78 is 0. The van der Waals surface area contributed by atoms with E-state index in [1.165, 1.54) is 18.4 Å². The van der Waals surface area contributed by atoms with Crippen molar-refractivity contribution in [2.24, 2.45) is 50.2 Å². The predicted octanol–water partition coefficient (Wildman–Crippen LogP) is 7.44. The fourth-order valence-corrected chi connectivity index (χ4v) is 10.5. The Labute approximate surface area is 201 Å². The molecule has 7 atom stereocenters. The predicted molar refractivity (Wildman–Crippen MR) is 132 cm³/mol. The second-order valence-electron chi connectivity index (χ2n) is 14.7. The Kier molecular flexibility index (Phi) is 4.83. The molecule has 4 saturated carbocycles. The van der Waals surface area contributed by atoms with E-state index in [0.29, 0.717) is 23.5 Å². The van der Waals surface area contributed by atoms with Crippen molar-refractivity contribution in [2.75, 3.05) is 0 Å². The van der Waals surface area contributed by atoms with Crippen molar-refractivity contribution < 1.29 is 14.7 Å². The van der Waals surface area contributed by atoms with Gasteiger partial charge in [0.15, 0.2) is 0 Å². The van der Waals surface area contributed by atoms with Gasteiger partial charge in [-0.2, -0.15) is 0 Å². The number of Topliss-reactive ketones (excluding diaryl/α,β-unsaturated/α-hetero) is 1. The molecule has 0 aromatic carbocycles. The van der Waals surface area contributed by atoms with Crippen LogP contribution in [0.3, 0.4) is 0 Å². The molecule has 1 unspecified atom stereocenters. The summed E-state index contributed by atoms with van der Waals surface area (Å²) in [5, 5.41) is 10.5. The first-order valence-corrected chi connectivity index (χ1v) is 13.6. The van der Waals surface area contributed by atoms with Gasteiger partial charge in [-0.1, -0.05) is 60.1 Å². The van der Waals surface area contributed by atoms with Gasteiger partial charge in [0, 0.05) is 11.8 Å². The topological polar surface area (TPSA) is 54.4 Å². The lowest BCUT2D eigenvalue weighted by atomic mass is 9.32. The van der Waals surface area contributed by atoms with E-state index in [-0.39, 0.29) is 27.1 Å². The number of carboxylic acid groups (broad SMARTS) is 1. The van der Waals surface area contributed by atoms with E-state index in [2.05, 4.69) is 54.5 Å². The van der Waals surface area contributed by atoms with Crippen LogP contribution in [-0.4, -0.2) is 16.9 Å². The number of carboxylic acids is 1. The summed E-state index contributed by atoms with van der Waals surface area (Å²) in [5.74, 6) is 1.35. The minimum Gasteiger partial charge on any atom is -0.481 e. The molecule has 4 fully saturated rings. The zero-order chi connectivity index (χ0) is 24.2. The van der Waals surface area contributed by atoms with E-state index in [9.17, 15) is 14.7 Å². The van der Waals surface area contributed by atoms with Crippen molar-refractivity contribution in [1.82, 2.24) is 0 Å². The van der Waals surface area contributed by atoms with Crippen LogP contribution < -0.4 is 0 Å². The Hall–Kier alpha value is -1.12. The van der Waals surface area contributed by atoms with Crippen LogP contribution in [0.2, 0.25) is 0 Å². The maximum Gasteiger partial charge on any atom is 0.313 e. The van der Waals surface area contributed by atoms with E-state index in [4.69, 9.17) is 0 Å². The van der Waals surface area contributed by atoms with Gasteiger partial charge in [0.25, 0.3) is 0 Å². The van der Waals surface area contributed by atoms with E-state index in [1.54, 1.807) is 0 Å². The molecular weight excluding hydrogens is 408 g/mol. The van der Waals surface area contributed by atoms with Crippen molar-refractivity contribution >= 4 is 11.8 Å². The van der Waals surface area contributed by atoms with Crippen LogP contribution in [0, 0.1) is 50.2 Å². The summed E-state index contributed by atoms with van der Waals surface area (Å²) in [5.41, 5.74) is 1.06. The Morgan fingerprint density at radius 1 is 0.818 bits per heavy atom. The normalized spacial score (nSPS) is 50.2. The van der Waals surface area contributed by atoms with Crippen molar-refractivity contribution in [3.63, 3.8) is 0 Å². The molecule has 0 spiro atoms. The van der Waals surface area contributed by atoms with Crippen LogP contribution >= 0.6 is 0 Å². The lowest BCUT2D eigenvalue weighted by Gasteiger charge is -2.71. The van der Waals surface area contributed by atoms with Gasteiger partial charge in [0.1, 0.15) is 5.78 Å². The van der Waals surface area contributed by atoms with Gasteiger partial charge in [-0.05, 0) is 97.2 Å². The van der Waals surface area contributed by atoms with Crippen LogP contribution in [0.4, 0.5) is 0 Å². The molecule has 5 aliphatic rings. The number of ketones is 1. The maximum absolute atomic E-state index is 12.9. The van der Waals surface area contributed by atoms with E-state index >= 15 is 0 Å². The molecule has 0 amide bonds. The lowest BCUT2D eigenvalue weighted by Crippen LogP contribution is -2.65. The number of carbonyl (C=O) groups excluding carboxylic acids is 1. The van der Waals surface area contributed by atoms with Crippen molar-refractivity contribution in [2.45, 2.75) is 113 Å². The fourth-order valence-electron chi connectivity index (χ4n) is 10.5. The molecule has 0 aliphatic heterocycles. The number of rotatable bonds is 1. The highest BCUT2D eigenvalue weighted by molar-refractivity contribution is 5.85. The number of allylic oxidation sites excluding steroid dienone is 1. The van der Waals surface area contributed by atoms with Gasteiger partial charge >= 0.3 is 5.97 Å². The minimum atomic E-state index is -0.636. The molecule has 5 rings (SSSR count). The third kappa shape index (κ3) is 2.80. The third-order valence-corrected chi connectivity index (χ3v) is 12.8. The van der Waals surface area contributed by atoms with Crippen molar-refractivity contribution in [1.29, 1.82) is 0 Å². The number of carbonyl (C=O) groups is 2. The second-order valence-corrected chi connectivity index (χ2v) is 14.7. The highest BCUT2D eigenvalue weighted by Crippen LogP contribution is 2.76. The first kappa shape index (κ1) is 23.6. The third-order valence-electron chi connectivity index (χ3n) is 12.8. The summed E-state index contributed by atoms with van der Waals surface area (Å²) in [6.07, 6.45) is 12.4. The largest absolute Gasteiger partial charge is 0.481 e. The monoisotopic (exact) mass is 454 g/mol. The Morgan fingerprint density at radius 3 is 2.15 bits per heavy atom. The quantitative estimate of drug-likeness (QED) is 0.419. The van der Waals surface area contributed by atoms with Gasteiger partial charge in [-0.3, -0.25) is 9.59 Å². The smallest absolute Gasteiger partial charge is 0.313 e. The van der Waals surface area contributed by atoms with Crippen LogP contribution in [0.1, 0.15) is 113 Å². The van der Waals surface area contributed by atoms with Gasteiger partial charge in [-0.25, -0.2) is 0 Å². The number of hydrogen-bond donors (Lipinski definition) is 1. The molecule has 33 heavy (non-hydrogen) atoms. The van der Waals surface area contributed by atoms with Gasteiger partial charge in [0.2, 0.25) is 0 Å². The minimum absolute atomic E-state index is 0.0850. The summed E-state index contributed by atoms with van der Waals surface area (Å²) in [6.45, 7) is 16.6. The van der Waals surface area contributed by atoms with Crippen LogP contribution in [-0.2, 0) is 9.59 Å². The number of aliphatic carboxylic acids is 1. The Balaban J connectivity index is 1.59. The molecule has 3 nitrogen and oxygen atoms in total. The number of fused-ring (bicyclic) bond motifs is 7. The lowest BCUT2D eigenvalue weighted by molar-refractivity contribution is -0.213. The average molecular weight is 455 g/mol. The highest BCUT2D eigenvalue weighted by atomic mass is 16.4. The van der Waals surface area contributed by atoms with Gasteiger partial charge in [-0.15, -0.1) is 0 Å². The van der Waals surface area contributed by atoms with Gasteiger partial charge < -0.3 is 5.11 Å². The molecule has 0 aromatic heterocycles. The Bertz CT molecular complexity index is 927. The van der Waals surface area contributed by atoms with Gasteiger partial charge in [0.05, 0.1) is 5.41 Å². The summed E-state index contributed by atoms with van der Waals surface area (Å²) in [7, 11) is 0. The van der Waals surface area contributed by atoms with Crippen molar-refractivity contribution in [3.05, 3.63) is 11.6 Å². The summed E-state index contributed by atoms with van der Waals surface area (Å²) in [6, 6.07) is 0. The molecule has 1 N–H and O–H groups in total. The first-order chi connectivity index (χ1) is 15.1. The first-order valence-electron chi connectivity index (χ1n) is 13.6. The van der Waals surface area contributed by atoms with Crippen LogP contribution in [0.15, 0.2) is 11.6 Å². The molecular formula is C30H46O3. The maximum atomic E-state index is 12.9. The molecule has 0 saturated heterocycles. The average Bonchev–Trinajstić information content (AvgIpc) is 2.71. The molecule has 184 valence electrons. The van der Waals surface area contributed by atoms with E-state index in [0.717, 1.165) is 51.4 Å². The Morgan fingerprint density at radius 2 is 1.48 bits per heavy atom. The molecule has 0 radical (unpaired) electrons. The molecule has 5 aliphatic carbocycles.